The first-order chi connectivity index (χ1) is 8.72. The lowest BCUT2D eigenvalue weighted by Gasteiger charge is -2.31. The van der Waals surface area contributed by atoms with Crippen molar-refractivity contribution in [2.75, 3.05) is 31.2 Å². The summed E-state index contributed by atoms with van der Waals surface area (Å²) in [5.41, 5.74) is 2.33. The van der Waals surface area contributed by atoms with E-state index in [4.69, 9.17) is 16.3 Å². The van der Waals surface area contributed by atoms with E-state index in [2.05, 4.69) is 11.8 Å². The molecule has 0 radical (unpaired) electrons. The van der Waals surface area contributed by atoms with Crippen molar-refractivity contribution in [2.45, 2.75) is 19.3 Å². The number of rotatable bonds is 4. The average molecular weight is 268 g/mol. The van der Waals surface area contributed by atoms with E-state index < -0.39 is 0 Å². The Morgan fingerprint density at radius 3 is 2.83 bits per heavy atom. The van der Waals surface area contributed by atoms with Gasteiger partial charge in [0.25, 0.3) is 0 Å². The Kier molecular flexibility index (Phi) is 4.61. The van der Waals surface area contributed by atoms with E-state index in [-0.39, 0.29) is 5.92 Å². The quantitative estimate of drug-likeness (QED) is 0.786. The van der Waals surface area contributed by atoms with Crippen molar-refractivity contribution in [1.29, 1.82) is 0 Å². The normalized spacial score (nSPS) is 17.6. The van der Waals surface area contributed by atoms with Crippen LogP contribution in [0.25, 0.3) is 0 Å². The summed E-state index contributed by atoms with van der Waals surface area (Å²) in [6, 6.07) is 5.92. The molecule has 1 aromatic carbocycles. The number of morpholine rings is 1. The van der Waals surface area contributed by atoms with Crippen LogP contribution in [0.3, 0.4) is 0 Å². The van der Waals surface area contributed by atoms with Crippen molar-refractivity contribution in [3.05, 3.63) is 28.8 Å². The molecule has 2 rings (SSSR count). The van der Waals surface area contributed by atoms with Gasteiger partial charge >= 0.3 is 0 Å². The Hall–Kier alpha value is -1.06. The van der Waals surface area contributed by atoms with E-state index in [0.717, 1.165) is 43.2 Å². The number of nitrogens with zero attached hydrogens (tertiary/aromatic N) is 1. The minimum Gasteiger partial charge on any atom is -0.378 e. The number of carbonyl (C=O) groups is 1. The van der Waals surface area contributed by atoms with Gasteiger partial charge in [-0.2, -0.15) is 0 Å². The number of hydrogen-bond donors (Lipinski definition) is 0. The van der Waals surface area contributed by atoms with Crippen LogP contribution in [0.1, 0.15) is 24.8 Å². The number of carbonyl (C=O) groups excluding carboxylic acids is 1. The Balaban J connectivity index is 2.29. The second-order valence-electron chi connectivity index (χ2n) is 4.61. The van der Waals surface area contributed by atoms with E-state index in [1.807, 2.05) is 18.2 Å². The summed E-state index contributed by atoms with van der Waals surface area (Å²) in [7, 11) is 0. The molecule has 1 saturated heterocycles. The molecule has 4 heteroatoms. The molecule has 0 bridgehead atoms. The minimum absolute atomic E-state index is 0.194. The zero-order valence-corrected chi connectivity index (χ0v) is 11.3. The fourth-order valence-corrected chi connectivity index (χ4v) is 2.46. The van der Waals surface area contributed by atoms with Crippen molar-refractivity contribution in [3.63, 3.8) is 0 Å². The summed E-state index contributed by atoms with van der Waals surface area (Å²) >= 11 is 6.07. The molecule has 1 aliphatic rings. The first-order valence-electron chi connectivity index (χ1n) is 6.28. The van der Waals surface area contributed by atoms with E-state index >= 15 is 0 Å². The van der Waals surface area contributed by atoms with Gasteiger partial charge in [-0.1, -0.05) is 18.5 Å². The molecular formula is C14H18ClNO2. The maximum absolute atomic E-state index is 10.7. The maximum Gasteiger partial charge on any atom is 0.120 e. The summed E-state index contributed by atoms with van der Waals surface area (Å²) in [6.45, 7) is 5.35. The third-order valence-corrected chi connectivity index (χ3v) is 3.56. The first-order valence-corrected chi connectivity index (χ1v) is 6.66. The molecule has 0 N–H and O–H groups in total. The largest absolute Gasteiger partial charge is 0.378 e. The van der Waals surface area contributed by atoms with Crippen LogP contribution >= 0.6 is 11.6 Å². The number of benzene rings is 1. The van der Waals surface area contributed by atoms with Crippen LogP contribution in [0.4, 0.5) is 5.69 Å². The maximum atomic E-state index is 10.7. The van der Waals surface area contributed by atoms with Gasteiger partial charge in [0.1, 0.15) is 6.29 Å². The number of hydrogen-bond acceptors (Lipinski definition) is 3. The van der Waals surface area contributed by atoms with Crippen LogP contribution in [0.15, 0.2) is 18.2 Å². The molecule has 98 valence electrons. The highest BCUT2D eigenvalue weighted by atomic mass is 35.5. The van der Waals surface area contributed by atoms with Crippen LogP contribution in [0, 0.1) is 0 Å². The monoisotopic (exact) mass is 267 g/mol. The standard InChI is InChI=1S/C14H18ClNO2/c1-11(4-7-17)13-10-12(15)2-3-14(13)16-5-8-18-9-6-16/h2-3,7,10-11H,4-6,8-9H2,1H3. The Morgan fingerprint density at radius 1 is 1.44 bits per heavy atom. The van der Waals surface area contributed by atoms with Crippen LogP contribution in [-0.2, 0) is 9.53 Å². The molecule has 0 aromatic heterocycles. The highest BCUT2D eigenvalue weighted by Crippen LogP contribution is 2.32. The fourth-order valence-electron chi connectivity index (χ4n) is 2.28. The zero-order chi connectivity index (χ0) is 13.0. The van der Waals surface area contributed by atoms with Crippen molar-refractivity contribution < 1.29 is 9.53 Å². The number of ether oxygens (including phenoxy) is 1. The van der Waals surface area contributed by atoms with E-state index in [0.29, 0.717) is 6.42 Å². The minimum atomic E-state index is 0.194. The number of aldehydes is 1. The molecule has 0 aliphatic carbocycles. The lowest BCUT2D eigenvalue weighted by atomic mass is 9.96. The van der Waals surface area contributed by atoms with Crippen LogP contribution in [0.5, 0.6) is 0 Å². The topological polar surface area (TPSA) is 29.5 Å². The fraction of sp³-hybridized carbons (Fsp3) is 0.500. The predicted molar refractivity (Wildman–Crippen MR) is 73.6 cm³/mol. The zero-order valence-electron chi connectivity index (χ0n) is 10.6. The summed E-state index contributed by atoms with van der Waals surface area (Å²) in [4.78, 5) is 13.0. The Bertz CT molecular complexity index is 416. The smallest absolute Gasteiger partial charge is 0.120 e. The summed E-state index contributed by atoms with van der Waals surface area (Å²) in [6.07, 6.45) is 1.49. The van der Waals surface area contributed by atoms with Gasteiger partial charge in [0.15, 0.2) is 0 Å². The highest BCUT2D eigenvalue weighted by Gasteiger charge is 2.18. The third-order valence-electron chi connectivity index (χ3n) is 3.32. The number of anilines is 1. The summed E-state index contributed by atoms with van der Waals surface area (Å²) in [5, 5.41) is 0.722. The Labute approximate surface area is 113 Å². The molecule has 1 unspecified atom stereocenters. The molecular weight excluding hydrogens is 250 g/mol. The van der Waals surface area contributed by atoms with Crippen LogP contribution in [0.2, 0.25) is 5.02 Å². The van der Waals surface area contributed by atoms with E-state index in [1.165, 1.54) is 5.69 Å². The van der Waals surface area contributed by atoms with E-state index in [9.17, 15) is 4.79 Å². The average Bonchev–Trinajstić information content (AvgIpc) is 2.40. The third kappa shape index (κ3) is 3.03. The molecule has 0 saturated carbocycles. The van der Waals surface area contributed by atoms with Crippen LogP contribution < -0.4 is 4.90 Å². The van der Waals surface area contributed by atoms with Gasteiger partial charge in [0.2, 0.25) is 0 Å². The molecule has 1 heterocycles. The lowest BCUT2D eigenvalue weighted by molar-refractivity contribution is -0.108. The molecule has 1 aliphatic heterocycles. The molecule has 1 fully saturated rings. The molecule has 3 nitrogen and oxygen atoms in total. The second kappa shape index (κ2) is 6.21. The van der Waals surface area contributed by atoms with Crippen molar-refractivity contribution >= 4 is 23.6 Å². The SMILES string of the molecule is CC(CC=O)c1cc(Cl)ccc1N1CCOCC1. The van der Waals surface area contributed by atoms with Crippen molar-refractivity contribution in [2.24, 2.45) is 0 Å². The van der Waals surface area contributed by atoms with Gasteiger partial charge in [-0.05, 0) is 29.7 Å². The van der Waals surface area contributed by atoms with Gasteiger partial charge in [-0.25, -0.2) is 0 Å². The molecule has 1 aromatic rings. The van der Waals surface area contributed by atoms with Gasteiger partial charge < -0.3 is 14.4 Å². The highest BCUT2D eigenvalue weighted by molar-refractivity contribution is 6.30. The molecule has 18 heavy (non-hydrogen) atoms. The number of halogens is 1. The second-order valence-corrected chi connectivity index (χ2v) is 5.04. The van der Waals surface area contributed by atoms with Crippen LogP contribution in [-0.4, -0.2) is 32.6 Å². The van der Waals surface area contributed by atoms with Gasteiger partial charge in [-0.3, -0.25) is 0 Å². The Morgan fingerprint density at radius 2 is 2.17 bits per heavy atom. The van der Waals surface area contributed by atoms with Crippen molar-refractivity contribution in [1.82, 2.24) is 0 Å². The summed E-state index contributed by atoms with van der Waals surface area (Å²) in [5.74, 6) is 0.194. The van der Waals surface area contributed by atoms with Gasteiger partial charge in [-0.15, -0.1) is 0 Å². The molecule has 0 amide bonds. The van der Waals surface area contributed by atoms with Gasteiger partial charge in [0, 0.05) is 30.2 Å². The molecule has 1 atom stereocenters. The summed E-state index contributed by atoms with van der Waals surface area (Å²) < 4.78 is 5.37. The van der Waals surface area contributed by atoms with Gasteiger partial charge in [0.05, 0.1) is 13.2 Å². The first kappa shape index (κ1) is 13.4. The van der Waals surface area contributed by atoms with E-state index in [1.54, 1.807) is 0 Å². The molecule has 0 spiro atoms. The van der Waals surface area contributed by atoms with Crippen molar-refractivity contribution in [3.8, 4) is 0 Å². The predicted octanol–water partition coefficient (Wildman–Crippen LogP) is 2.87. The lowest BCUT2D eigenvalue weighted by Crippen LogP contribution is -2.36.